The van der Waals surface area contributed by atoms with Crippen molar-refractivity contribution < 1.29 is 25.1 Å². The Kier molecular flexibility index (Phi) is 6.85. The molecule has 0 radical (unpaired) electrons. The van der Waals surface area contributed by atoms with Gasteiger partial charge in [-0.3, -0.25) is 4.79 Å². The summed E-state index contributed by atoms with van der Waals surface area (Å²) in [6.07, 6.45) is 0. The molecule has 0 saturated carbocycles. The summed E-state index contributed by atoms with van der Waals surface area (Å²) in [5, 5.41) is 1.20. The number of aryl methyl sites for hydroxylation is 5. The van der Waals surface area contributed by atoms with Crippen molar-refractivity contribution in [1.29, 1.82) is 0 Å². The second kappa shape index (κ2) is 7.81. The van der Waals surface area contributed by atoms with Gasteiger partial charge in [0.05, 0.1) is 0 Å². The molecular weight excluding hydrogens is 294 g/mol. The average Bonchev–Trinajstić information content (AvgIpc) is 2.40. The van der Waals surface area contributed by atoms with E-state index in [4.69, 9.17) is 0 Å². The van der Waals surface area contributed by atoms with Gasteiger partial charge < -0.3 is 1.43 Å². The Morgan fingerprint density at radius 3 is 1.83 bits per heavy atom. The second-order valence-electron chi connectivity index (χ2n) is 6.36. The molecule has 0 aliphatic heterocycles. The van der Waals surface area contributed by atoms with E-state index in [1.54, 1.807) is 0 Å². The number of hydrogen-bond acceptors (Lipinski definition) is 1. The first-order valence-electron chi connectivity index (χ1n) is 7.69. The first-order chi connectivity index (χ1) is 10.2. The molecule has 3 heteroatoms. The van der Waals surface area contributed by atoms with Crippen molar-refractivity contribution in [2.24, 2.45) is 0 Å². The first-order valence-corrected chi connectivity index (χ1v) is 8.69. The van der Waals surface area contributed by atoms with Crippen molar-refractivity contribution in [3.63, 3.8) is 0 Å². The van der Waals surface area contributed by atoms with E-state index < -0.39 is 0 Å². The van der Waals surface area contributed by atoms with Crippen molar-refractivity contribution in [3.8, 4) is 0 Å². The predicted octanol–water partition coefficient (Wildman–Crippen LogP) is 2.11. The van der Waals surface area contributed by atoms with Crippen molar-refractivity contribution in [3.05, 3.63) is 62.7 Å². The molecule has 118 valence electrons. The van der Waals surface area contributed by atoms with Gasteiger partial charge in [-0.25, -0.2) is 0 Å². The Bertz CT molecular complexity index is 746. The third-order valence-electron chi connectivity index (χ3n) is 4.50. The van der Waals surface area contributed by atoms with Gasteiger partial charge in [0.15, 0.2) is 5.52 Å². The van der Waals surface area contributed by atoms with Crippen LogP contribution in [0.4, 0.5) is 0 Å². The summed E-state index contributed by atoms with van der Waals surface area (Å²) < 4.78 is 0. The van der Waals surface area contributed by atoms with Gasteiger partial charge in [0.1, 0.15) is 0 Å². The molecule has 0 N–H and O–H groups in total. The van der Waals surface area contributed by atoms with E-state index in [1.807, 2.05) is 6.92 Å². The van der Waals surface area contributed by atoms with Gasteiger partial charge in [0, 0.05) is 5.56 Å². The van der Waals surface area contributed by atoms with Crippen LogP contribution in [0.25, 0.3) is 0 Å². The maximum atomic E-state index is 12.9. The summed E-state index contributed by atoms with van der Waals surface area (Å²) in [6, 6.07) is 6.47. The molecule has 0 aromatic heterocycles. The van der Waals surface area contributed by atoms with Gasteiger partial charge in [-0.05, 0) is 95.7 Å². The molecule has 0 aliphatic carbocycles. The van der Waals surface area contributed by atoms with E-state index >= 15 is 0 Å². The third kappa shape index (κ3) is 4.16. The van der Waals surface area contributed by atoms with Crippen LogP contribution in [0, 0.1) is 48.5 Å². The number of carbonyl (C=O) groups is 1. The molecule has 0 fully saturated rings. The molecule has 23 heavy (non-hydrogen) atoms. The van der Waals surface area contributed by atoms with Crippen LogP contribution in [0.2, 0.25) is 0 Å². The van der Waals surface area contributed by atoms with Crippen LogP contribution < -0.4 is 24.2 Å². The molecule has 0 heterocycles. The van der Waals surface area contributed by atoms with Gasteiger partial charge in [-0.1, -0.05) is 23.8 Å². The van der Waals surface area contributed by atoms with Crippen LogP contribution in [0.5, 0.6) is 0 Å². The quantitative estimate of drug-likeness (QED) is 0.625. The van der Waals surface area contributed by atoms with Gasteiger partial charge in [0.2, 0.25) is 0 Å². The van der Waals surface area contributed by atoms with E-state index in [1.165, 1.54) is 33.1 Å². The third-order valence-corrected chi connectivity index (χ3v) is 6.01. The van der Waals surface area contributed by atoms with E-state index in [0.717, 1.165) is 16.7 Å². The van der Waals surface area contributed by atoms with Crippen molar-refractivity contribution in [1.82, 2.24) is 0 Å². The maximum Gasteiger partial charge on any atom is 1.00 e. The Morgan fingerprint density at radius 2 is 1.30 bits per heavy atom. The van der Waals surface area contributed by atoms with E-state index in [-0.39, 0.29) is 34.4 Å². The predicted molar refractivity (Wildman–Crippen MR) is 99.4 cm³/mol. The molecule has 2 rings (SSSR count). The molecule has 1 nitrogen and oxygen atoms in total. The Hall–Kier alpha value is -0.863. The zero-order valence-electron chi connectivity index (χ0n) is 16.6. The van der Waals surface area contributed by atoms with Gasteiger partial charge in [-0.2, -0.15) is 0 Å². The number of hydrogen-bond donors (Lipinski definition) is 0. The molecular formula is C20H26LiOP. The number of rotatable bonds is 3. The number of benzene rings is 2. The standard InChI is InChI=1S/C20H25OP.Li.H/c1-11-8-14(4)19(15(5)9-11)22-20(21)18-13(3)10-12(2)16(6)17(18)7;;/h8-10,22H,1-7H3;;/q;+1;-1. The summed E-state index contributed by atoms with van der Waals surface area (Å²) in [7, 11) is 0.197. The first kappa shape index (κ1) is 20.2. The molecule has 1 unspecified atom stereocenters. The van der Waals surface area contributed by atoms with Crippen LogP contribution in [0.15, 0.2) is 18.2 Å². The summed E-state index contributed by atoms with van der Waals surface area (Å²) in [6.45, 7) is 14.7. The Labute approximate surface area is 155 Å². The Balaban J connectivity index is 0.00000264. The molecule has 1 atom stereocenters. The molecule has 0 spiro atoms. The largest absolute Gasteiger partial charge is 1.00 e. The van der Waals surface area contributed by atoms with Crippen LogP contribution in [0.3, 0.4) is 0 Å². The zero-order valence-corrected chi connectivity index (χ0v) is 16.6. The van der Waals surface area contributed by atoms with Crippen LogP contribution in [0.1, 0.15) is 50.7 Å². The molecule has 0 saturated heterocycles. The van der Waals surface area contributed by atoms with Gasteiger partial charge in [0.25, 0.3) is 0 Å². The summed E-state index contributed by atoms with van der Waals surface area (Å²) >= 11 is 0. The molecule has 2 aromatic rings. The van der Waals surface area contributed by atoms with Gasteiger partial charge in [-0.15, -0.1) is 0 Å². The van der Waals surface area contributed by atoms with Crippen LogP contribution in [-0.2, 0) is 0 Å². The maximum absolute atomic E-state index is 12.9. The van der Waals surface area contributed by atoms with Crippen LogP contribution >= 0.6 is 8.58 Å². The molecule has 2 aromatic carbocycles. The minimum absolute atomic E-state index is 0. The monoisotopic (exact) mass is 320 g/mol. The molecule has 0 amide bonds. The normalized spacial score (nSPS) is 10.9. The van der Waals surface area contributed by atoms with E-state index in [2.05, 4.69) is 59.7 Å². The van der Waals surface area contributed by atoms with Crippen molar-refractivity contribution in [2.45, 2.75) is 48.5 Å². The van der Waals surface area contributed by atoms with E-state index in [0.29, 0.717) is 0 Å². The fraction of sp³-hybridized carbons (Fsp3) is 0.350. The Morgan fingerprint density at radius 1 is 0.783 bits per heavy atom. The second-order valence-corrected chi connectivity index (χ2v) is 7.57. The minimum atomic E-state index is 0. The minimum Gasteiger partial charge on any atom is -1.00 e. The van der Waals surface area contributed by atoms with Crippen molar-refractivity contribution in [2.75, 3.05) is 0 Å². The van der Waals surface area contributed by atoms with Crippen molar-refractivity contribution >= 4 is 19.4 Å². The molecule has 0 bridgehead atoms. The summed E-state index contributed by atoms with van der Waals surface area (Å²) in [5.74, 6) is 0. The fourth-order valence-electron chi connectivity index (χ4n) is 3.19. The summed E-state index contributed by atoms with van der Waals surface area (Å²) in [5.41, 5.74) is 9.61. The smallest absolute Gasteiger partial charge is 1.00 e. The van der Waals surface area contributed by atoms with E-state index in [9.17, 15) is 4.79 Å². The SMILES string of the molecule is Cc1cc(C)c(PC(=O)c2c(C)cc(C)c(C)c2C)c(C)c1.[H-].[Li+]. The van der Waals surface area contributed by atoms with Crippen LogP contribution in [-0.4, -0.2) is 5.52 Å². The zero-order chi connectivity index (χ0) is 16.6. The van der Waals surface area contributed by atoms with Gasteiger partial charge >= 0.3 is 18.9 Å². The number of carbonyl (C=O) groups excluding carboxylic acids is 1. The summed E-state index contributed by atoms with van der Waals surface area (Å²) in [4.78, 5) is 12.9. The molecule has 0 aliphatic rings. The fourth-order valence-corrected chi connectivity index (χ4v) is 4.46. The average molecular weight is 320 g/mol. The topological polar surface area (TPSA) is 17.1 Å².